The fourth-order valence-corrected chi connectivity index (χ4v) is 5.62. The van der Waals surface area contributed by atoms with Crippen molar-refractivity contribution < 1.29 is 18.4 Å². The number of benzene rings is 3. The van der Waals surface area contributed by atoms with E-state index in [0.29, 0.717) is 27.8 Å². The van der Waals surface area contributed by atoms with Crippen LogP contribution < -0.4 is 11.1 Å². The van der Waals surface area contributed by atoms with Crippen LogP contribution in [0.2, 0.25) is 0 Å². The molecule has 3 aromatic heterocycles. The molecule has 0 radical (unpaired) electrons. The molecular weight excluding hydrogens is 544 g/mol. The van der Waals surface area contributed by atoms with Gasteiger partial charge in [0.1, 0.15) is 21.1 Å². The summed E-state index contributed by atoms with van der Waals surface area (Å²) in [6.07, 6.45) is -1.23. The average molecular weight is 566 g/mol. The predicted octanol–water partition coefficient (Wildman–Crippen LogP) is 7.10. The van der Waals surface area contributed by atoms with E-state index in [9.17, 15) is 18.4 Å². The molecule has 0 aliphatic heterocycles. The van der Waals surface area contributed by atoms with E-state index in [1.54, 1.807) is 41.2 Å². The van der Waals surface area contributed by atoms with Crippen LogP contribution in [0, 0.1) is 0 Å². The maximum atomic E-state index is 13.9. The number of rotatable bonds is 7. The highest BCUT2D eigenvalue weighted by Gasteiger charge is 2.27. The van der Waals surface area contributed by atoms with E-state index in [2.05, 4.69) is 15.4 Å². The second-order valence-corrected chi connectivity index (χ2v) is 10.1. The molecule has 7 nitrogen and oxygen atoms in total. The van der Waals surface area contributed by atoms with Crippen molar-refractivity contribution in [3.8, 4) is 28.1 Å². The van der Waals surface area contributed by atoms with Crippen LogP contribution in [0.1, 0.15) is 32.1 Å². The van der Waals surface area contributed by atoms with Crippen LogP contribution in [0.25, 0.3) is 38.3 Å². The number of hydrogen-bond donors (Lipinski definition) is 2. The summed E-state index contributed by atoms with van der Waals surface area (Å²) in [4.78, 5) is 30.8. The molecule has 0 atom stereocenters. The van der Waals surface area contributed by atoms with Gasteiger partial charge in [-0.05, 0) is 29.3 Å². The predicted molar refractivity (Wildman–Crippen MR) is 155 cm³/mol. The first-order valence-corrected chi connectivity index (χ1v) is 13.3. The summed E-state index contributed by atoms with van der Waals surface area (Å²) in [6.45, 7) is 0. The van der Waals surface area contributed by atoms with E-state index in [1.165, 1.54) is 6.07 Å². The number of nitrogens with zero attached hydrogens (tertiary/aromatic N) is 3. The van der Waals surface area contributed by atoms with Gasteiger partial charge in [-0.15, -0.1) is 11.3 Å². The molecule has 3 aromatic carbocycles. The number of halogens is 2. The Hall–Kier alpha value is -5.22. The Balaban J connectivity index is 1.53. The number of alkyl halides is 2. The van der Waals surface area contributed by atoms with Crippen molar-refractivity contribution in [1.29, 1.82) is 0 Å². The van der Waals surface area contributed by atoms with Gasteiger partial charge in [0, 0.05) is 17.1 Å². The maximum absolute atomic E-state index is 13.9. The van der Waals surface area contributed by atoms with Crippen molar-refractivity contribution >= 4 is 39.1 Å². The quantitative estimate of drug-likeness (QED) is 0.215. The first-order chi connectivity index (χ1) is 19.9. The number of nitrogens with one attached hydrogen (secondary N) is 1. The van der Waals surface area contributed by atoms with Crippen LogP contribution in [0.5, 0.6) is 0 Å². The number of carbonyl (C=O) groups is 2. The number of thiophene rings is 1. The van der Waals surface area contributed by atoms with Gasteiger partial charge in [-0.25, -0.2) is 18.4 Å². The Morgan fingerprint density at radius 3 is 2.10 bits per heavy atom. The number of primary amides is 1. The summed E-state index contributed by atoms with van der Waals surface area (Å²) in [5.74, 6) is -1.37. The number of fused-ring (bicyclic) bond motifs is 1. The molecule has 6 rings (SSSR count). The standard InChI is InChI=1S/C31H21F2N5O2S/c32-28(33)23-16-21(18-10-4-1-5-11-18)24-26(27(29(34)39)41-31(24)35-23)36-30(40)22-17-38(20-14-8-3-9-15-20)37-25(22)19-12-6-2-7-13-19/h1-17,28H,(H2,34,39)(H,36,40). The number of nitrogens with two attached hydrogens (primary N) is 1. The number of hydrogen-bond acceptors (Lipinski definition) is 5. The van der Waals surface area contributed by atoms with Gasteiger partial charge in [0.2, 0.25) is 0 Å². The van der Waals surface area contributed by atoms with E-state index in [4.69, 9.17) is 5.73 Å². The Labute approximate surface area is 236 Å². The minimum atomic E-state index is -2.84. The lowest BCUT2D eigenvalue weighted by Crippen LogP contribution is -2.17. The van der Waals surface area contributed by atoms with E-state index in [0.717, 1.165) is 17.0 Å². The van der Waals surface area contributed by atoms with E-state index >= 15 is 0 Å². The van der Waals surface area contributed by atoms with Crippen molar-refractivity contribution in [3.63, 3.8) is 0 Å². The van der Waals surface area contributed by atoms with Crippen molar-refractivity contribution in [3.05, 3.63) is 119 Å². The second kappa shape index (κ2) is 10.7. The molecule has 0 aliphatic rings. The minimum absolute atomic E-state index is 0.00107. The lowest BCUT2D eigenvalue weighted by Gasteiger charge is -2.11. The fraction of sp³-hybridized carbons (Fsp3) is 0.0323. The van der Waals surface area contributed by atoms with Crippen LogP contribution in [-0.2, 0) is 0 Å². The van der Waals surface area contributed by atoms with Crippen molar-refractivity contribution in [1.82, 2.24) is 14.8 Å². The van der Waals surface area contributed by atoms with Crippen LogP contribution in [0.3, 0.4) is 0 Å². The van der Waals surface area contributed by atoms with Crippen molar-refractivity contribution in [2.45, 2.75) is 6.43 Å². The molecule has 0 fully saturated rings. The third-order valence-electron chi connectivity index (χ3n) is 6.48. The van der Waals surface area contributed by atoms with Crippen LogP contribution in [-0.4, -0.2) is 26.6 Å². The third-order valence-corrected chi connectivity index (χ3v) is 7.58. The molecule has 0 unspecified atom stereocenters. The number of para-hydroxylation sites is 1. The maximum Gasteiger partial charge on any atom is 0.280 e. The molecule has 2 amide bonds. The number of amides is 2. The molecule has 0 saturated carbocycles. The molecule has 3 heterocycles. The third kappa shape index (κ3) is 4.96. The average Bonchev–Trinajstić information content (AvgIpc) is 3.61. The number of anilines is 1. The van der Waals surface area contributed by atoms with Crippen molar-refractivity contribution in [2.75, 3.05) is 5.32 Å². The van der Waals surface area contributed by atoms with E-state index < -0.39 is 23.9 Å². The van der Waals surface area contributed by atoms with Gasteiger partial charge in [0.25, 0.3) is 18.2 Å². The molecule has 0 bridgehead atoms. The SMILES string of the molecule is NC(=O)c1sc2nc(C(F)F)cc(-c3ccccc3)c2c1NC(=O)c1cn(-c2ccccc2)nc1-c1ccccc1. The number of aromatic nitrogens is 3. The zero-order valence-electron chi connectivity index (χ0n) is 21.3. The lowest BCUT2D eigenvalue weighted by molar-refractivity contribution is 0.100. The molecule has 0 aliphatic carbocycles. The Morgan fingerprint density at radius 1 is 0.878 bits per heavy atom. The summed E-state index contributed by atoms with van der Waals surface area (Å²) in [6, 6.07) is 28.7. The molecule has 3 N–H and O–H groups in total. The van der Waals surface area contributed by atoms with Crippen molar-refractivity contribution in [2.24, 2.45) is 5.73 Å². The molecule has 0 spiro atoms. The highest BCUT2D eigenvalue weighted by atomic mass is 32.1. The van der Waals surface area contributed by atoms with Gasteiger partial charge in [-0.3, -0.25) is 9.59 Å². The van der Waals surface area contributed by atoms with Gasteiger partial charge < -0.3 is 11.1 Å². The van der Waals surface area contributed by atoms with Crippen LogP contribution in [0.4, 0.5) is 14.5 Å². The molecule has 0 saturated heterocycles. The molecule has 10 heteroatoms. The van der Waals surface area contributed by atoms with Gasteiger partial charge in [0.15, 0.2) is 0 Å². The van der Waals surface area contributed by atoms with Gasteiger partial charge in [0.05, 0.1) is 16.9 Å². The lowest BCUT2D eigenvalue weighted by atomic mass is 10.0. The summed E-state index contributed by atoms with van der Waals surface area (Å²) in [5, 5.41) is 7.89. The molecular formula is C31H21F2N5O2S. The van der Waals surface area contributed by atoms with Crippen LogP contribution in [0.15, 0.2) is 103 Å². The number of pyridine rings is 1. The normalized spacial score (nSPS) is 11.2. The summed E-state index contributed by atoms with van der Waals surface area (Å²) in [7, 11) is 0. The Morgan fingerprint density at radius 2 is 1.49 bits per heavy atom. The van der Waals surface area contributed by atoms with Gasteiger partial charge in [-0.2, -0.15) is 5.10 Å². The second-order valence-electron chi connectivity index (χ2n) is 9.10. The van der Waals surface area contributed by atoms with Crippen LogP contribution >= 0.6 is 11.3 Å². The summed E-state index contributed by atoms with van der Waals surface area (Å²) in [5.41, 5.74) is 8.52. The summed E-state index contributed by atoms with van der Waals surface area (Å²) < 4.78 is 29.2. The van der Waals surface area contributed by atoms with E-state index in [1.807, 2.05) is 60.7 Å². The Kier molecular flexibility index (Phi) is 6.82. The first-order valence-electron chi connectivity index (χ1n) is 12.5. The highest BCUT2D eigenvalue weighted by Crippen LogP contribution is 2.42. The largest absolute Gasteiger partial charge is 0.365 e. The Bertz CT molecular complexity index is 1890. The zero-order chi connectivity index (χ0) is 28.5. The molecule has 202 valence electrons. The van der Waals surface area contributed by atoms with Gasteiger partial charge in [-0.1, -0.05) is 78.9 Å². The summed E-state index contributed by atoms with van der Waals surface area (Å²) >= 11 is 0.858. The molecule has 6 aromatic rings. The van der Waals surface area contributed by atoms with Gasteiger partial charge >= 0.3 is 0 Å². The smallest absolute Gasteiger partial charge is 0.280 e. The highest BCUT2D eigenvalue weighted by molar-refractivity contribution is 7.21. The topological polar surface area (TPSA) is 103 Å². The molecule has 41 heavy (non-hydrogen) atoms. The fourth-order valence-electron chi connectivity index (χ4n) is 4.61. The number of carbonyl (C=O) groups excluding carboxylic acids is 2. The first kappa shape index (κ1) is 26.0. The minimum Gasteiger partial charge on any atom is -0.365 e. The van der Waals surface area contributed by atoms with E-state index in [-0.39, 0.29) is 21.0 Å². The zero-order valence-corrected chi connectivity index (χ0v) is 22.1. The monoisotopic (exact) mass is 565 g/mol.